The zero-order chi connectivity index (χ0) is 13.4. The van der Waals surface area contributed by atoms with Crippen LogP contribution in [-0.4, -0.2) is 4.98 Å². The van der Waals surface area contributed by atoms with Gasteiger partial charge >= 0.3 is 0 Å². The molecule has 0 aliphatic heterocycles. The zero-order valence-corrected chi connectivity index (χ0v) is 13.2. The van der Waals surface area contributed by atoms with Gasteiger partial charge in [-0.3, -0.25) is 0 Å². The maximum absolute atomic E-state index is 6.16. The van der Waals surface area contributed by atoms with Crippen LogP contribution >= 0.6 is 38.9 Å². The molecule has 0 unspecified atom stereocenters. The van der Waals surface area contributed by atoms with E-state index in [-0.39, 0.29) is 0 Å². The molecule has 2 aromatic carbocycles. The van der Waals surface area contributed by atoms with Crippen molar-refractivity contribution in [2.24, 2.45) is 0 Å². The summed E-state index contributed by atoms with van der Waals surface area (Å²) in [5.41, 5.74) is 3.10. The van der Waals surface area contributed by atoms with Crippen LogP contribution in [0, 0.1) is 6.92 Å². The molecule has 1 heterocycles. The van der Waals surface area contributed by atoms with E-state index in [9.17, 15) is 0 Å². The highest BCUT2D eigenvalue weighted by atomic mass is 79.9. The molecular formula is C14H10BrClN2S. The lowest BCUT2D eigenvalue weighted by Gasteiger charge is -2.05. The monoisotopic (exact) mass is 352 g/mol. The Bertz CT molecular complexity index is 754. The van der Waals surface area contributed by atoms with Crippen molar-refractivity contribution in [3.8, 4) is 0 Å². The highest BCUT2D eigenvalue weighted by molar-refractivity contribution is 9.10. The van der Waals surface area contributed by atoms with Crippen molar-refractivity contribution in [2.75, 3.05) is 5.32 Å². The lowest BCUT2D eigenvalue weighted by molar-refractivity contribution is 1.43. The molecule has 0 fully saturated rings. The summed E-state index contributed by atoms with van der Waals surface area (Å²) in [6.45, 7) is 2.08. The summed E-state index contributed by atoms with van der Waals surface area (Å²) in [6, 6.07) is 12.0. The second-order valence-corrected chi connectivity index (χ2v) is 6.59. The molecule has 0 atom stereocenters. The third-order valence-electron chi connectivity index (χ3n) is 2.71. The molecule has 19 heavy (non-hydrogen) atoms. The molecule has 0 amide bonds. The standard InChI is InChI=1S/C14H10BrClN2S/c1-8-2-5-11-13(6-8)19-14(17-11)18-12-7-9(15)3-4-10(12)16/h2-7H,1H3,(H,17,18). The number of aryl methyl sites for hydroxylation is 1. The fraction of sp³-hybridized carbons (Fsp3) is 0.0714. The van der Waals surface area contributed by atoms with E-state index in [1.165, 1.54) is 10.3 Å². The molecular weight excluding hydrogens is 344 g/mol. The van der Waals surface area contributed by atoms with Crippen LogP contribution in [0.3, 0.4) is 0 Å². The van der Waals surface area contributed by atoms with Crippen LogP contribution in [0.15, 0.2) is 40.9 Å². The quantitative estimate of drug-likeness (QED) is 0.633. The van der Waals surface area contributed by atoms with Crippen molar-refractivity contribution in [2.45, 2.75) is 6.92 Å². The van der Waals surface area contributed by atoms with Gasteiger partial charge in [0.15, 0.2) is 5.13 Å². The number of hydrogen-bond donors (Lipinski definition) is 1. The molecule has 0 saturated heterocycles. The molecule has 5 heteroatoms. The van der Waals surface area contributed by atoms with E-state index in [0.29, 0.717) is 5.02 Å². The second-order valence-electron chi connectivity index (χ2n) is 4.24. The lowest BCUT2D eigenvalue weighted by Crippen LogP contribution is -1.90. The molecule has 96 valence electrons. The Morgan fingerprint density at radius 1 is 1.21 bits per heavy atom. The Kier molecular flexibility index (Phi) is 3.48. The minimum Gasteiger partial charge on any atom is -0.330 e. The number of nitrogens with one attached hydrogen (secondary N) is 1. The van der Waals surface area contributed by atoms with Crippen molar-refractivity contribution < 1.29 is 0 Å². The number of benzene rings is 2. The van der Waals surface area contributed by atoms with Crippen molar-refractivity contribution >= 4 is 59.9 Å². The average Bonchev–Trinajstić information content (AvgIpc) is 2.75. The Balaban J connectivity index is 1.98. The molecule has 3 rings (SSSR count). The summed E-state index contributed by atoms with van der Waals surface area (Å²) in [7, 11) is 0. The Morgan fingerprint density at radius 3 is 2.89 bits per heavy atom. The van der Waals surface area contributed by atoms with Crippen molar-refractivity contribution in [3.63, 3.8) is 0 Å². The Labute approximate surface area is 128 Å². The predicted molar refractivity (Wildman–Crippen MR) is 86.8 cm³/mol. The van der Waals surface area contributed by atoms with Crippen LogP contribution in [0.5, 0.6) is 0 Å². The maximum atomic E-state index is 6.16. The number of rotatable bonds is 2. The molecule has 0 saturated carbocycles. The van der Waals surface area contributed by atoms with Gasteiger partial charge in [-0.2, -0.15) is 0 Å². The highest BCUT2D eigenvalue weighted by Crippen LogP contribution is 2.32. The van der Waals surface area contributed by atoms with Crippen LogP contribution in [-0.2, 0) is 0 Å². The second kappa shape index (κ2) is 5.12. The minimum atomic E-state index is 0.679. The summed E-state index contributed by atoms with van der Waals surface area (Å²) in [5.74, 6) is 0. The van der Waals surface area contributed by atoms with E-state index in [1.807, 2.05) is 24.3 Å². The molecule has 2 nitrogen and oxygen atoms in total. The first-order valence-corrected chi connectivity index (χ1v) is 7.70. The topological polar surface area (TPSA) is 24.9 Å². The van der Waals surface area contributed by atoms with Crippen molar-refractivity contribution in [1.82, 2.24) is 4.98 Å². The number of fused-ring (bicyclic) bond motifs is 1. The molecule has 0 radical (unpaired) electrons. The van der Waals surface area contributed by atoms with E-state index in [1.54, 1.807) is 11.3 Å². The number of nitrogens with zero attached hydrogens (tertiary/aromatic N) is 1. The molecule has 0 bridgehead atoms. The predicted octanol–water partition coefficient (Wildman–Crippen LogP) is 5.76. The molecule has 0 aliphatic rings. The van der Waals surface area contributed by atoms with Gasteiger partial charge in [0.1, 0.15) is 0 Å². The zero-order valence-electron chi connectivity index (χ0n) is 10.1. The number of aromatic nitrogens is 1. The fourth-order valence-corrected chi connectivity index (χ4v) is 3.30. The fourth-order valence-electron chi connectivity index (χ4n) is 1.79. The molecule has 0 aliphatic carbocycles. The normalized spacial score (nSPS) is 10.9. The Morgan fingerprint density at radius 2 is 2.05 bits per heavy atom. The third-order valence-corrected chi connectivity index (χ3v) is 4.47. The first-order valence-electron chi connectivity index (χ1n) is 5.71. The number of hydrogen-bond acceptors (Lipinski definition) is 3. The molecule has 1 aromatic heterocycles. The van der Waals surface area contributed by atoms with Crippen LogP contribution in [0.25, 0.3) is 10.2 Å². The van der Waals surface area contributed by atoms with Crippen LogP contribution in [0.1, 0.15) is 5.56 Å². The van der Waals surface area contributed by atoms with Crippen molar-refractivity contribution in [3.05, 3.63) is 51.5 Å². The first kappa shape index (κ1) is 12.9. The summed E-state index contributed by atoms with van der Waals surface area (Å²) >= 11 is 11.2. The van der Waals surface area contributed by atoms with Crippen molar-refractivity contribution in [1.29, 1.82) is 0 Å². The largest absolute Gasteiger partial charge is 0.330 e. The maximum Gasteiger partial charge on any atom is 0.188 e. The van der Waals surface area contributed by atoms with E-state index < -0.39 is 0 Å². The van der Waals surface area contributed by atoms with Gasteiger partial charge in [0, 0.05) is 4.47 Å². The number of anilines is 2. The van der Waals surface area contributed by atoms with Gasteiger partial charge in [-0.25, -0.2) is 4.98 Å². The summed E-state index contributed by atoms with van der Waals surface area (Å²) in [5, 5.41) is 4.79. The van der Waals surface area contributed by atoms with E-state index >= 15 is 0 Å². The van der Waals surface area contributed by atoms with Gasteiger partial charge in [-0.05, 0) is 42.8 Å². The van der Waals surface area contributed by atoms with Gasteiger partial charge in [0.2, 0.25) is 0 Å². The van der Waals surface area contributed by atoms with Crippen LogP contribution in [0.2, 0.25) is 5.02 Å². The lowest BCUT2D eigenvalue weighted by atomic mass is 10.2. The van der Waals surface area contributed by atoms with E-state index in [4.69, 9.17) is 11.6 Å². The number of halogens is 2. The van der Waals surface area contributed by atoms with E-state index in [0.717, 1.165) is 20.8 Å². The minimum absolute atomic E-state index is 0.679. The van der Waals surface area contributed by atoms with Gasteiger partial charge in [0.25, 0.3) is 0 Å². The highest BCUT2D eigenvalue weighted by Gasteiger charge is 2.07. The summed E-state index contributed by atoms with van der Waals surface area (Å²) < 4.78 is 2.16. The van der Waals surface area contributed by atoms with Gasteiger partial charge < -0.3 is 5.32 Å². The first-order chi connectivity index (χ1) is 9.11. The third kappa shape index (κ3) is 2.76. The van der Waals surface area contributed by atoms with Gasteiger partial charge in [-0.1, -0.05) is 44.9 Å². The molecule has 3 aromatic rings. The Hall–Kier alpha value is -1.10. The summed E-state index contributed by atoms with van der Waals surface area (Å²) in [4.78, 5) is 4.55. The summed E-state index contributed by atoms with van der Waals surface area (Å²) in [6.07, 6.45) is 0. The van der Waals surface area contributed by atoms with Crippen LogP contribution in [0.4, 0.5) is 10.8 Å². The van der Waals surface area contributed by atoms with Gasteiger partial charge in [0.05, 0.1) is 20.9 Å². The molecule has 0 spiro atoms. The molecule has 1 N–H and O–H groups in total. The van der Waals surface area contributed by atoms with Gasteiger partial charge in [-0.15, -0.1) is 0 Å². The smallest absolute Gasteiger partial charge is 0.188 e. The van der Waals surface area contributed by atoms with Crippen LogP contribution < -0.4 is 5.32 Å². The number of thiazole rings is 1. The average molecular weight is 354 g/mol. The van der Waals surface area contributed by atoms with E-state index in [2.05, 4.69) is 45.3 Å². The SMILES string of the molecule is Cc1ccc2nc(Nc3cc(Br)ccc3Cl)sc2c1.